The number of amides is 1. The number of methoxy groups -OCH3 is 1. The van der Waals surface area contributed by atoms with E-state index in [1.165, 1.54) is 7.11 Å². The van der Waals surface area contributed by atoms with Crippen molar-refractivity contribution in [1.29, 1.82) is 0 Å². The molecule has 0 spiro atoms. The lowest BCUT2D eigenvalue weighted by atomic mass is 10.1. The molecule has 0 fully saturated rings. The molecule has 0 rings (SSSR count). The molecule has 0 aromatic carbocycles. The third-order valence-electron chi connectivity index (χ3n) is 2.38. The SMILES string of the molecule is COC(=O)[C@H](CCC(=O)OC(C)(C)C)NC(=O)C(C)C. The van der Waals surface area contributed by atoms with Crippen molar-refractivity contribution >= 4 is 17.8 Å². The molecule has 0 aromatic heterocycles. The van der Waals surface area contributed by atoms with E-state index in [1.807, 2.05) is 0 Å². The summed E-state index contributed by atoms with van der Waals surface area (Å²) in [6, 6.07) is -0.831. The summed E-state index contributed by atoms with van der Waals surface area (Å²) in [5.41, 5.74) is -0.570. The Morgan fingerprint density at radius 2 is 1.70 bits per heavy atom. The van der Waals surface area contributed by atoms with Crippen LogP contribution in [0.1, 0.15) is 47.5 Å². The van der Waals surface area contributed by atoms with Gasteiger partial charge in [-0.05, 0) is 27.2 Å². The van der Waals surface area contributed by atoms with Crippen LogP contribution in [0.2, 0.25) is 0 Å². The molecule has 0 heterocycles. The highest BCUT2D eigenvalue weighted by atomic mass is 16.6. The van der Waals surface area contributed by atoms with Gasteiger partial charge in [-0.15, -0.1) is 0 Å². The molecule has 0 aliphatic heterocycles. The van der Waals surface area contributed by atoms with E-state index in [1.54, 1.807) is 34.6 Å². The van der Waals surface area contributed by atoms with Crippen LogP contribution in [0.5, 0.6) is 0 Å². The molecule has 0 bridgehead atoms. The number of rotatable bonds is 6. The molecule has 0 aromatic rings. The first-order chi connectivity index (χ1) is 9.06. The molecule has 0 radical (unpaired) electrons. The number of carbonyl (C=O) groups excluding carboxylic acids is 3. The van der Waals surface area contributed by atoms with Gasteiger partial charge in [-0.25, -0.2) is 4.79 Å². The zero-order valence-corrected chi connectivity index (χ0v) is 13.1. The van der Waals surface area contributed by atoms with Crippen molar-refractivity contribution < 1.29 is 23.9 Å². The first kappa shape index (κ1) is 18.4. The normalized spacial score (nSPS) is 12.8. The van der Waals surface area contributed by atoms with Crippen LogP contribution in [0.4, 0.5) is 0 Å². The zero-order chi connectivity index (χ0) is 15.9. The second-order valence-corrected chi connectivity index (χ2v) is 5.86. The number of hydrogen-bond donors (Lipinski definition) is 1. The molecule has 116 valence electrons. The molecule has 1 amide bonds. The molecule has 0 saturated carbocycles. The van der Waals surface area contributed by atoms with Crippen LogP contribution in [0.3, 0.4) is 0 Å². The topological polar surface area (TPSA) is 81.7 Å². The maximum absolute atomic E-state index is 11.6. The lowest BCUT2D eigenvalue weighted by Gasteiger charge is -2.21. The lowest BCUT2D eigenvalue weighted by molar-refractivity contribution is -0.155. The number of ether oxygens (including phenoxy) is 2. The number of esters is 2. The summed E-state index contributed by atoms with van der Waals surface area (Å²) in [6.45, 7) is 8.74. The van der Waals surface area contributed by atoms with Crippen molar-refractivity contribution in [3.05, 3.63) is 0 Å². The molecular weight excluding hydrogens is 262 g/mol. The molecule has 0 aliphatic rings. The molecule has 0 saturated heterocycles. The average molecular weight is 287 g/mol. The molecule has 0 aliphatic carbocycles. The smallest absolute Gasteiger partial charge is 0.328 e. The number of nitrogens with one attached hydrogen (secondary N) is 1. The van der Waals surface area contributed by atoms with Crippen LogP contribution in [-0.4, -0.2) is 36.6 Å². The van der Waals surface area contributed by atoms with Crippen LogP contribution in [-0.2, 0) is 23.9 Å². The van der Waals surface area contributed by atoms with E-state index in [4.69, 9.17) is 4.74 Å². The first-order valence-corrected chi connectivity index (χ1v) is 6.67. The molecule has 20 heavy (non-hydrogen) atoms. The van der Waals surface area contributed by atoms with Gasteiger partial charge in [0.15, 0.2) is 0 Å². The van der Waals surface area contributed by atoms with Crippen LogP contribution in [0.15, 0.2) is 0 Å². The van der Waals surface area contributed by atoms with E-state index in [0.29, 0.717) is 0 Å². The Kier molecular flexibility index (Phi) is 7.24. The van der Waals surface area contributed by atoms with E-state index in [9.17, 15) is 14.4 Å². The van der Waals surface area contributed by atoms with Gasteiger partial charge in [-0.3, -0.25) is 9.59 Å². The largest absolute Gasteiger partial charge is 0.467 e. The molecule has 1 atom stereocenters. The van der Waals surface area contributed by atoms with Crippen LogP contribution in [0.25, 0.3) is 0 Å². The summed E-state index contributed by atoms with van der Waals surface area (Å²) in [5.74, 6) is -1.49. The maximum Gasteiger partial charge on any atom is 0.328 e. The Labute approximate surface area is 120 Å². The van der Waals surface area contributed by atoms with Gasteiger partial charge >= 0.3 is 11.9 Å². The Morgan fingerprint density at radius 1 is 1.15 bits per heavy atom. The molecule has 1 N–H and O–H groups in total. The van der Waals surface area contributed by atoms with Crippen molar-refractivity contribution in [2.75, 3.05) is 7.11 Å². The van der Waals surface area contributed by atoms with E-state index in [2.05, 4.69) is 10.1 Å². The maximum atomic E-state index is 11.6. The standard InChI is InChI=1S/C14H25NO5/c1-9(2)12(17)15-10(13(18)19-6)7-8-11(16)20-14(3,4)5/h9-10H,7-8H2,1-6H3,(H,15,17)/t10-/m0/s1. The van der Waals surface area contributed by atoms with Crippen molar-refractivity contribution in [2.24, 2.45) is 5.92 Å². The van der Waals surface area contributed by atoms with Crippen LogP contribution >= 0.6 is 0 Å². The van der Waals surface area contributed by atoms with Gasteiger partial charge in [0.2, 0.25) is 5.91 Å². The number of carbonyl (C=O) groups is 3. The van der Waals surface area contributed by atoms with Gasteiger partial charge in [-0.1, -0.05) is 13.8 Å². The second-order valence-electron chi connectivity index (χ2n) is 5.86. The van der Waals surface area contributed by atoms with Gasteiger partial charge < -0.3 is 14.8 Å². The van der Waals surface area contributed by atoms with Crippen LogP contribution in [0, 0.1) is 5.92 Å². The fraction of sp³-hybridized carbons (Fsp3) is 0.786. The summed E-state index contributed by atoms with van der Waals surface area (Å²) in [6.07, 6.45) is 0.190. The van der Waals surface area contributed by atoms with Crippen molar-refractivity contribution in [2.45, 2.75) is 59.1 Å². The predicted molar refractivity (Wildman–Crippen MR) is 73.9 cm³/mol. The highest BCUT2D eigenvalue weighted by Crippen LogP contribution is 2.10. The third-order valence-corrected chi connectivity index (χ3v) is 2.38. The summed E-state index contributed by atoms with van der Waals surface area (Å²) in [5, 5.41) is 2.56. The van der Waals surface area contributed by atoms with E-state index >= 15 is 0 Å². The summed E-state index contributed by atoms with van der Waals surface area (Å²) in [4.78, 5) is 34.8. The Hall–Kier alpha value is -1.59. The van der Waals surface area contributed by atoms with Crippen molar-refractivity contribution in [1.82, 2.24) is 5.32 Å². The minimum atomic E-state index is -0.831. The van der Waals surface area contributed by atoms with Gasteiger partial charge in [0.05, 0.1) is 7.11 Å². The Balaban J connectivity index is 4.49. The summed E-state index contributed by atoms with van der Waals surface area (Å²) >= 11 is 0. The van der Waals surface area contributed by atoms with Gasteiger partial charge in [0, 0.05) is 12.3 Å². The van der Waals surface area contributed by atoms with E-state index in [0.717, 1.165) is 0 Å². The predicted octanol–water partition coefficient (Wildman–Crippen LogP) is 1.42. The Bertz CT molecular complexity index is 357. The zero-order valence-electron chi connectivity index (χ0n) is 13.1. The lowest BCUT2D eigenvalue weighted by Crippen LogP contribution is -2.43. The minimum absolute atomic E-state index is 0.0371. The highest BCUT2D eigenvalue weighted by Gasteiger charge is 2.25. The first-order valence-electron chi connectivity index (χ1n) is 6.67. The van der Waals surface area contributed by atoms with Gasteiger partial charge in [0.1, 0.15) is 11.6 Å². The fourth-order valence-corrected chi connectivity index (χ4v) is 1.38. The molecule has 0 unspecified atom stereocenters. The van der Waals surface area contributed by atoms with Gasteiger partial charge in [-0.2, -0.15) is 0 Å². The number of hydrogen-bond acceptors (Lipinski definition) is 5. The molecule has 6 nitrogen and oxygen atoms in total. The fourth-order valence-electron chi connectivity index (χ4n) is 1.38. The van der Waals surface area contributed by atoms with E-state index in [-0.39, 0.29) is 24.7 Å². The molecular formula is C14H25NO5. The summed E-state index contributed by atoms with van der Waals surface area (Å²) < 4.78 is 9.77. The van der Waals surface area contributed by atoms with E-state index < -0.39 is 23.6 Å². The monoisotopic (exact) mass is 287 g/mol. The second kappa shape index (κ2) is 7.87. The molecule has 6 heteroatoms. The highest BCUT2D eigenvalue weighted by molar-refractivity contribution is 5.85. The Morgan fingerprint density at radius 3 is 2.10 bits per heavy atom. The third kappa shape index (κ3) is 7.76. The minimum Gasteiger partial charge on any atom is -0.467 e. The van der Waals surface area contributed by atoms with Crippen LogP contribution < -0.4 is 5.32 Å². The quantitative estimate of drug-likeness (QED) is 0.747. The summed E-state index contributed by atoms with van der Waals surface area (Å²) in [7, 11) is 1.24. The average Bonchev–Trinajstić information content (AvgIpc) is 2.30. The van der Waals surface area contributed by atoms with Crippen molar-refractivity contribution in [3.8, 4) is 0 Å². The van der Waals surface area contributed by atoms with Crippen molar-refractivity contribution in [3.63, 3.8) is 0 Å². The van der Waals surface area contributed by atoms with Gasteiger partial charge in [0.25, 0.3) is 0 Å².